The second-order valence-electron chi connectivity index (χ2n) is 5.44. The smallest absolute Gasteiger partial charge is 0.226 e. The first-order valence-electron chi connectivity index (χ1n) is 7.27. The second-order valence-corrected chi connectivity index (χ2v) is 5.44. The van der Waals surface area contributed by atoms with Gasteiger partial charge < -0.3 is 5.32 Å². The minimum atomic E-state index is -0.0896. The normalized spacial score (nSPS) is 10.9. The van der Waals surface area contributed by atoms with Crippen LogP contribution in [0.25, 0.3) is 22.3 Å². The molecule has 0 fully saturated rings. The third kappa shape index (κ3) is 2.81. The molecule has 1 aromatic carbocycles. The summed E-state index contributed by atoms with van der Waals surface area (Å²) in [5, 5.41) is 3.88. The minimum absolute atomic E-state index is 0.0257. The van der Waals surface area contributed by atoms with Gasteiger partial charge in [-0.05, 0) is 18.2 Å². The van der Waals surface area contributed by atoms with Crippen LogP contribution in [0.15, 0.2) is 54.7 Å². The SMILES string of the molecule is CC(C)C(=O)Nc1cc2cccnc2nc1-c1ccccc1. The summed E-state index contributed by atoms with van der Waals surface area (Å²) in [7, 11) is 0. The zero-order chi connectivity index (χ0) is 15.5. The molecule has 0 unspecified atom stereocenters. The van der Waals surface area contributed by atoms with E-state index in [1.165, 1.54) is 0 Å². The van der Waals surface area contributed by atoms with Gasteiger partial charge >= 0.3 is 0 Å². The number of benzene rings is 1. The molecule has 2 heterocycles. The number of fused-ring (bicyclic) bond motifs is 1. The minimum Gasteiger partial charge on any atom is -0.324 e. The molecule has 0 aliphatic carbocycles. The monoisotopic (exact) mass is 291 g/mol. The molecule has 0 bridgehead atoms. The molecule has 3 aromatic rings. The number of aromatic nitrogens is 2. The van der Waals surface area contributed by atoms with Crippen LogP contribution in [0.4, 0.5) is 5.69 Å². The Balaban J connectivity index is 2.16. The van der Waals surface area contributed by atoms with Crippen molar-refractivity contribution in [2.75, 3.05) is 5.32 Å². The Hall–Kier alpha value is -2.75. The third-order valence-electron chi connectivity index (χ3n) is 3.42. The Morgan fingerprint density at radius 2 is 1.86 bits per heavy atom. The Morgan fingerprint density at radius 1 is 1.09 bits per heavy atom. The Kier molecular flexibility index (Phi) is 3.83. The average molecular weight is 291 g/mol. The summed E-state index contributed by atoms with van der Waals surface area (Å²) in [6.45, 7) is 3.74. The summed E-state index contributed by atoms with van der Waals surface area (Å²) in [6.07, 6.45) is 1.72. The van der Waals surface area contributed by atoms with Gasteiger partial charge in [-0.15, -0.1) is 0 Å². The van der Waals surface area contributed by atoms with Gasteiger partial charge in [0.25, 0.3) is 0 Å². The number of anilines is 1. The van der Waals surface area contributed by atoms with Crippen LogP contribution in [-0.2, 0) is 4.79 Å². The van der Waals surface area contributed by atoms with Crippen LogP contribution in [0.1, 0.15) is 13.8 Å². The van der Waals surface area contributed by atoms with Crippen LogP contribution in [0, 0.1) is 5.92 Å². The molecule has 3 rings (SSSR count). The van der Waals surface area contributed by atoms with Gasteiger partial charge in [-0.3, -0.25) is 4.79 Å². The van der Waals surface area contributed by atoms with Gasteiger partial charge in [0, 0.05) is 23.1 Å². The average Bonchev–Trinajstić information content (AvgIpc) is 2.55. The van der Waals surface area contributed by atoms with E-state index in [0.717, 1.165) is 16.6 Å². The molecule has 0 aliphatic rings. The maximum absolute atomic E-state index is 12.1. The lowest BCUT2D eigenvalue weighted by Gasteiger charge is -2.13. The number of hydrogen-bond acceptors (Lipinski definition) is 3. The van der Waals surface area contributed by atoms with Crippen molar-refractivity contribution in [2.24, 2.45) is 5.92 Å². The summed E-state index contributed by atoms with van der Waals surface area (Å²) in [5.41, 5.74) is 3.07. The maximum atomic E-state index is 12.1. The zero-order valence-electron chi connectivity index (χ0n) is 12.6. The lowest BCUT2D eigenvalue weighted by atomic mass is 10.1. The molecular weight excluding hydrogens is 274 g/mol. The van der Waals surface area contributed by atoms with E-state index in [4.69, 9.17) is 0 Å². The van der Waals surface area contributed by atoms with E-state index in [0.29, 0.717) is 11.3 Å². The van der Waals surface area contributed by atoms with E-state index in [-0.39, 0.29) is 11.8 Å². The highest BCUT2D eigenvalue weighted by Gasteiger charge is 2.14. The summed E-state index contributed by atoms with van der Waals surface area (Å²) in [5.74, 6) is -0.115. The number of nitrogens with zero attached hydrogens (tertiary/aromatic N) is 2. The number of carbonyl (C=O) groups excluding carboxylic acids is 1. The number of pyridine rings is 2. The summed E-state index contributed by atoms with van der Waals surface area (Å²) in [6, 6.07) is 15.5. The van der Waals surface area contributed by atoms with Crippen molar-refractivity contribution in [1.29, 1.82) is 0 Å². The predicted molar refractivity (Wildman–Crippen MR) is 88.4 cm³/mol. The summed E-state index contributed by atoms with van der Waals surface area (Å²) in [4.78, 5) is 21.0. The molecule has 22 heavy (non-hydrogen) atoms. The molecule has 0 saturated heterocycles. The molecule has 0 radical (unpaired) electrons. The first-order valence-corrected chi connectivity index (χ1v) is 7.27. The van der Waals surface area contributed by atoms with Gasteiger partial charge in [-0.1, -0.05) is 44.2 Å². The van der Waals surface area contributed by atoms with E-state index >= 15 is 0 Å². The predicted octanol–water partition coefficient (Wildman–Crippen LogP) is 3.89. The molecule has 4 nitrogen and oxygen atoms in total. The zero-order valence-corrected chi connectivity index (χ0v) is 12.6. The van der Waals surface area contributed by atoms with Gasteiger partial charge in [0.15, 0.2) is 5.65 Å². The molecule has 4 heteroatoms. The fraction of sp³-hybridized carbons (Fsp3) is 0.167. The molecule has 1 N–H and O–H groups in total. The molecule has 0 saturated carbocycles. The third-order valence-corrected chi connectivity index (χ3v) is 3.42. The van der Waals surface area contributed by atoms with Gasteiger partial charge in [-0.2, -0.15) is 0 Å². The fourth-order valence-electron chi connectivity index (χ4n) is 2.19. The number of hydrogen-bond donors (Lipinski definition) is 1. The number of carbonyl (C=O) groups is 1. The quantitative estimate of drug-likeness (QED) is 0.796. The topological polar surface area (TPSA) is 54.9 Å². The maximum Gasteiger partial charge on any atom is 0.226 e. The van der Waals surface area contributed by atoms with E-state index in [9.17, 15) is 4.79 Å². The van der Waals surface area contributed by atoms with E-state index in [1.807, 2.05) is 62.4 Å². The molecule has 2 aromatic heterocycles. The van der Waals surface area contributed by atoms with Crippen LogP contribution in [0.5, 0.6) is 0 Å². The van der Waals surface area contributed by atoms with Crippen LogP contribution >= 0.6 is 0 Å². The Morgan fingerprint density at radius 3 is 2.59 bits per heavy atom. The number of nitrogens with one attached hydrogen (secondary N) is 1. The molecule has 110 valence electrons. The van der Waals surface area contributed by atoms with Crippen LogP contribution in [-0.4, -0.2) is 15.9 Å². The highest BCUT2D eigenvalue weighted by Crippen LogP contribution is 2.29. The lowest BCUT2D eigenvalue weighted by molar-refractivity contribution is -0.118. The number of amides is 1. The van der Waals surface area contributed by atoms with Crippen molar-refractivity contribution < 1.29 is 4.79 Å². The lowest BCUT2D eigenvalue weighted by Crippen LogP contribution is -2.18. The van der Waals surface area contributed by atoms with Crippen LogP contribution in [0.2, 0.25) is 0 Å². The Bertz CT molecular complexity index is 813. The standard InChI is InChI=1S/C18H17N3O/c1-12(2)18(22)20-15-11-14-9-6-10-19-17(14)21-16(15)13-7-4-3-5-8-13/h3-12H,1-2H3,(H,20,22). The van der Waals surface area contributed by atoms with Gasteiger partial charge in [0.05, 0.1) is 11.4 Å². The first-order chi connectivity index (χ1) is 10.6. The van der Waals surface area contributed by atoms with Crippen molar-refractivity contribution >= 4 is 22.6 Å². The van der Waals surface area contributed by atoms with Crippen LogP contribution in [0.3, 0.4) is 0 Å². The first kappa shape index (κ1) is 14.2. The van der Waals surface area contributed by atoms with Gasteiger partial charge in [0.1, 0.15) is 0 Å². The van der Waals surface area contributed by atoms with Crippen molar-refractivity contribution in [3.63, 3.8) is 0 Å². The molecule has 0 spiro atoms. The molecule has 0 aliphatic heterocycles. The molecular formula is C18H17N3O. The second kappa shape index (κ2) is 5.93. The van der Waals surface area contributed by atoms with E-state index in [1.54, 1.807) is 6.20 Å². The number of rotatable bonds is 3. The summed E-state index contributed by atoms with van der Waals surface area (Å²) >= 11 is 0. The van der Waals surface area contributed by atoms with Crippen molar-refractivity contribution in [1.82, 2.24) is 9.97 Å². The molecule has 0 atom stereocenters. The highest BCUT2D eigenvalue weighted by atomic mass is 16.1. The highest BCUT2D eigenvalue weighted by molar-refractivity contribution is 5.98. The summed E-state index contributed by atoms with van der Waals surface area (Å²) < 4.78 is 0. The van der Waals surface area contributed by atoms with E-state index < -0.39 is 0 Å². The van der Waals surface area contributed by atoms with Gasteiger partial charge in [0.2, 0.25) is 5.91 Å². The van der Waals surface area contributed by atoms with Crippen molar-refractivity contribution in [2.45, 2.75) is 13.8 Å². The fourth-order valence-corrected chi connectivity index (χ4v) is 2.19. The van der Waals surface area contributed by atoms with Crippen molar-refractivity contribution in [3.05, 3.63) is 54.7 Å². The van der Waals surface area contributed by atoms with Crippen molar-refractivity contribution in [3.8, 4) is 11.3 Å². The van der Waals surface area contributed by atoms with Gasteiger partial charge in [-0.25, -0.2) is 9.97 Å². The largest absolute Gasteiger partial charge is 0.324 e. The Labute approximate surface area is 129 Å². The van der Waals surface area contributed by atoms with Crippen LogP contribution < -0.4 is 5.32 Å². The molecule has 1 amide bonds. The van der Waals surface area contributed by atoms with E-state index in [2.05, 4.69) is 15.3 Å².